The molecule has 0 aliphatic heterocycles. The van der Waals surface area contributed by atoms with E-state index in [2.05, 4.69) is 5.32 Å². The fourth-order valence-electron chi connectivity index (χ4n) is 2.78. The van der Waals surface area contributed by atoms with E-state index in [4.69, 9.17) is 4.74 Å². The lowest BCUT2D eigenvalue weighted by molar-refractivity contribution is -0.111. The van der Waals surface area contributed by atoms with E-state index in [9.17, 15) is 14.7 Å². The third-order valence-electron chi connectivity index (χ3n) is 4.17. The van der Waals surface area contributed by atoms with Gasteiger partial charge in [0.15, 0.2) is 0 Å². The van der Waals surface area contributed by atoms with Crippen molar-refractivity contribution in [3.8, 4) is 16.9 Å². The molecule has 0 aromatic heterocycles. The van der Waals surface area contributed by atoms with Gasteiger partial charge in [0.25, 0.3) is 0 Å². The summed E-state index contributed by atoms with van der Waals surface area (Å²) >= 11 is 0. The number of para-hydroxylation sites is 1. The smallest absolute Gasteiger partial charge is 0.337 e. The third kappa shape index (κ3) is 4.45. The first-order valence-electron chi connectivity index (χ1n) is 8.63. The minimum atomic E-state index is -1.10. The number of ether oxygens (including phenoxy) is 1. The topological polar surface area (TPSA) is 75.6 Å². The molecular weight excluding hydrogens is 354 g/mol. The number of rotatable bonds is 6. The van der Waals surface area contributed by atoms with Gasteiger partial charge >= 0.3 is 5.97 Å². The Balaban J connectivity index is 1.78. The minimum absolute atomic E-state index is 0.0362. The van der Waals surface area contributed by atoms with Crippen LogP contribution in [-0.2, 0) is 4.79 Å². The van der Waals surface area contributed by atoms with Gasteiger partial charge in [0.05, 0.1) is 18.4 Å². The second-order valence-electron chi connectivity index (χ2n) is 6.00. The molecule has 5 heteroatoms. The quantitative estimate of drug-likeness (QED) is 0.614. The number of amides is 1. The van der Waals surface area contributed by atoms with E-state index < -0.39 is 11.9 Å². The van der Waals surface area contributed by atoms with Gasteiger partial charge in [-0.15, -0.1) is 0 Å². The maximum atomic E-state index is 12.2. The molecule has 3 aromatic rings. The van der Waals surface area contributed by atoms with Gasteiger partial charge < -0.3 is 15.2 Å². The Morgan fingerprint density at radius 3 is 2.36 bits per heavy atom. The molecule has 0 radical (unpaired) electrons. The van der Waals surface area contributed by atoms with Crippen LogP contribution in [0.25, 0.3) is 17.2 Å². The van der Waals surface area contributed by atoms with Gasteiger partial charge in [0.2, 0.25) is 5.91 Å². The number of carboxylic acid groups (broad SMARTS) is 1. The van der Waals surface area contributed by atoms with Crippen LogP contribution in [0, 0.1) is 0 Å². The van der Waals surface area contributed by atoms with Gasteiger partial charge in [-0.2, -0.15) is 0 Å². The molecule has 2 N–H and O–H groups in total. The molecule has 0 fully saturated rings. The van der Waals surface area contributed by atoms with E-state index in [1.165, 1.54) is 12.1 Å². The van der Waals surface area contributed by atoms with Crippen molar-refractivity contribution in [2.24, 2.45) is 0 Å². The molecule has 0 saturated carbocycles. The lowest BCUT2D eigenvalue weighted by Gasteiger charge is -2.09. The predicted molar refractivity (Wildman–Crippen MR) is 109 cm³/mol. The van der Waals surface area contributed by atoms with Crippen LogP contribution >= 0.6 is 0 Å². The van der Waals surface area contributed by atoms with Gasteiger partial charge in [0.1, 0.15) is 5.75 Å². The summed E-state index contributed by atoms with van der Waals surface area (Å²) in [5, 5.41) is 11.8. The minimum Gasteiger partial charge on any atom is -0.496 e. The van der Waals surface area contributed by atoms with Crippen LogP contribution in [0.4, 0.5) is 5.69 Å². The Kier molecular flexibility index (Phi) is 5.87. The Bertz CT molecular complexity index is 1030. The monoisotopic (exact) mass is 373 g/mol. The molecule has 0 saturated heterocycles. The number of carboxylic acids is 1. The molecule has 3 aromatic carbocycles. The summed E-state index contributed by atoms with van der Waals surface area (Å²) in [6.07, 6.45) is 2.98. The molecule has 0 spiro atoms. The molecular formula is C23H19NO4. The van der Waals surface area contributed by atoms with E-state index >= 15 is 0 Å². The van der Waals surface area contributed by atoms with E-state index in [0.717, 1.165) is 16.7 Å². The second kappa shape index (κ2) is 8.68. The van der Waals surface area contributed by atoms with Crippen LogP contribution in [-0.4, -0.2) is 24.1 Å². The number of benzene rings is 3. The Labute approximate surface area is 162 Å². The second-order valence-corrected chi connectivity index (χ2v) is 6.00. The summed E-state index contributed by atoms with van der Waals surface area (Å²) in [7, 11) is 1.57. The van der Waals surface area contributed by atoms with Crippen LogP contribution in [0.2, 0.25) is 0 Å². The van der Waals surface area contributed by atoms with Crippen molar-refractivity contribution in [3.63, 3.8) is 0 Å². The van der Waals surface area contributed by atoms with Crippen molar-refractivity contribution in [2.75, 3.05) is 12.4 Å². The Morgan fingerprint density at radius 2 is 1.64 bits per heavy atom. The fraction of sp³-hybridized carbons (Fsp3) is 0.0435. The van der Waals surface area contributed by atoms with Crippen molar-refractivity contribution in [1.29, 1.82) is 0 Å². The van der Waals surface area contributed by atoms with Crippen molar-refractivity contribution in [1.82, 2.24) is 0 Å². The number of aromatic carboxylic acids is 1. The molecule has 140 valence electrons. The van der Waals surface area contributed by atoms with E-state index in [1.807, 2.05) is 48.5 Å². The molecule has 3 rings (SSSR count). The maximum absolute atomic E-state index is 12.2. The normalized spacial score (nSPS) is 10.6. The molecule has 28 heavy (non-hydrogen) atoms. The highest BCUT2D eigenvalue weighted by Crippen LogP contribution is 2.28. The van der Waals surface area contributed by atoms with Gasteiger partial charge in [-0.3, -0.25) is 4.79 Å². The summed E-state index contributed by atoms with van der Waals surface area (Å²) in [6, 6.07) is 21.9. The number of carbonyl (C=O) groups is 2. The molecule has 0 aliphatic rings. The highest BCUT2D eigenvalue weighted by molar-refractivity contribution is 6.06. The molecule has 0 aliphatic carbocycles. The van der Waals surface area contributed by atoms with Crippen molar-refractivity contribution in [2.45, 2.75) is 0 Å². The summed E-state index contributed by atoms with van der Waals surface area (Å²) in [5.41, 5.74) is 3.10. The van der Waals surface area contributed by atoms with Crippen LogP contribution < -0.4 is 10.1 Å². The van der Waals surface area contributed by atoms with E-state index in [0.29, 0.717) is 5.75 Å². The summed E-state index contributed by atoms with van der Waals surface area (Å²) in [5.74, 6) is -0.891. The number of hydrogen-bond acceptors (Lipinski definition) is 3. The van der Waals surface area contributed by atoms with Crippen molar-refractivity contribution < 1.29 is 19.4 Å². The first-order chi connectivity index (χ1) is 13.6. The number of anilines is 1. The predicted octanol–water partition coefficient (Wildman–Crippen LogP) is 4.71. The SMILES string of the molecule is COc1cc(-c2ccccc2)ccc1C=CC(=O)Nc1ccccc1C(=O)O. The van der Waals surface area contributed by atoms with Crippen molar-refractivity contribution >= 4 is 23.6 Å². The zero-order valence-corrected chi connectivity index (χ0v) is 15.3. The lowest BCUT2D eigenvalue weighted by atomic mass is 10.0. The number of methoxy groups -OCH3 is 1. The van der Waals surface area contributed by atoms with Crippen LogP contribution in [0.15, 0.2) is 78.9 Å². The number of hydrogen-bond donors (Lipinski definition) is 2. The van der Waals surface area contributed by atoms with Crippen LogP contribution in [0.5, 0.6) is 5.75 Å². The average Bonchev–Trinajstić information content (AvgIpc) is 2.73. The largest absolute Gasteiger partial charge is 0.496 e. The van der Waals surface area contributed by atoms with Gasteiger partial charge in [-0.1, -0.05) is 54.6 Å². The summed E-state index contributed by atoms with van der Waals surface area (Å²) in [6.45, 7) is 0. The zero-order valence-electron chi connectivity index (χ0n) is 15.3. The summed E-state index contributed by atoms with van der Waals surface area (Å²) < 4.78 is 5.45. The highest BCUT2D eigenvalue weighted by atomic mass is 16.5. The van der Waals surface area contributed by atoms with Gasteiger partial charge in [-0.25, -0.2) is 4.79 Å². The molecule has 0 atom stereocenters. The van der Waals surface area contributed by atoms with Crippen molar-refractivity contribution in [3.05, 3.63) is 90.0 Å². The average molecular weight is 373 g/mol. The van der Waals surface area contributed by atoms with Gasteiger partial charge in [0, 0.05) is 11.6 Å². The van der Waals surface area contributed by atoms with Crippen LogP contribution in [0.1, 0.15) is 15.9 Å². The molecule has 1 amide bonds. The molecule has 0 heterocycles. The summed E-state index contributed by atoms with van der Waals surface area (Å²) in [4.78, 5) is 23.4. The maximum Gasteiger partial charge on any atom is 0.337 e. The zero-order chi connectivity index (χ0) is 19.9. The fourth-order valence-corrected chi connectivity index (χ4v) is 2.78. The molecule has 5 nitrogen and oxygen atoms in total. The number of nitrogens with one attached hydrogen (secondary N) is 1. The lowest BCUT2D eigenvalue weighted by Crippen LogP contribution is -2.11. The van der Waals surface area contributed by atoms with Crippen LogP contribution in [0.3, 0.4) is 0 Å². The standard InChI is InChI=1S/C23H19NO4/c1-28-21-15-18(16-7-3-2-4-8-16)12-11-17(21)13-14-22(25)24-20-10-6-5-9-19(20)23(26)27/h2-15H,1H3,(H,24,25)(H,26,27). The first-order valence-corrected chi connectivity index (χ1v) is 8.63. The van der Waals surface area contributed by atoms with E-state index in [-0.39, 0.29) is 11.3 Å². The Morgan fingerprint density at radius 1 is 0.929 bits per heavy atom. The third-order valence-corrected chi connectivity index (χ3v) is 4.17. The molecule has 0 bridgehead atoms. The highest BCUT2D eigenvalue weighted by Gasteiger charge is 2.10. The number of carbonyl (C=O) groups excluding carboxylic acids is 1. The van der Waals surface area contributed by atoms with Gasteiger partial charge in [-0.05, 0) is 35.4 Å². The first kappa shape index (κ1) is 18.9. The molecule has 0 unspecified atom stereocenters. The van der Waals surface area contributed by atoms with E-state index in [1.54, 1.807) is 31.4 Å². The Hall–Kier alpha value is -3.86.